The van der Waals surface area contributed by atoms with E-state index < -0.39 is 0 Å². The van der Waals surface area contributed by atoms with Crippen molar-refractivity contribution in [2.24, 2.45) is 0 Å². The van der Waals surface area contributed by atoms with Gasteiger partial charge in [0, 0.05) is 30.0 Å². The molecule has 0 unspecified atom stereocenters. The molecule has 0 aliphatic rings. The Morgan fingerprint density at radius 3 is 2.23 bits per heavy atom. The number of amides is 2. The first kappa shape index (κ1) is 23.3. The molecule has 0 aliphatic carbocycles. The molecular weight excluding hydrogens is 378 g/mol. The van der Waals surface area contributed by atoms with Crippen molar-refractivity contribution in [3.8, 4) is 5.75 Å². The fourth-order valence-corrected chi connectivity index (χ4v) is 3.08. The molecule has 2 rings (SSSR count). The Morgan fingerprint density at radius 2 is 1.63 bits per heavy atom. The third-order valence-corrected chi connectivity index (χ3v) is 4.35. The number of nitrogens with zero attached hydrogens (tertiary/aromatic N) is 1. The van der Waals surface area contributed by atoms with Gasteiger partial charge in [0.25, 0.3) is 5.91 Å². The molecule has 2 amide bonds. The Bertz CT molecular complexity index is 813. The van der Waals surface area contributed by atoms with Crippen molar-refractivity contribution >= 4 is 23.2 Å². The number of anilines is 2. The van der Waals surface area contributed by atoms with Gasteiger partial charge in [-0.05, 0) is 69.2 Å². The van der Waals surface area contributed by atoms with Gasteiger partial charge in [0.2, 0.25) is 5.91 Å². The SMILES string of the molecule is CCCN(CCC)C(=O)c1cccc(NCC(=O)Nc2ccc(OC(C)C)cc2)c1. The summed E-state index contributed by atoms with van der Waals surface area (Å²) in [6.45, 7) is 9.66. The van der Waals surface area contributed by atoms with Gasteiger partial charge in [0.1, 0.15) is 5.75 Å². The maximum atomic E-state index is 12.8. The van der Waals surface area contributed by atoms with Gasteiger partial charge in [-0.2, -0.15) is 0 Å². The largest absolute Gasteiger partial charge is 0.491 e. The average molecular weight is 412 g/mol. The second-order valence-electron chi connectivity index (χ2n) is 7.47. The number of carbonyl (C=O) groups is 2. The standard InChI is InChI=1S/C24H33N3O3/c1-5-14-27(15-6-2)24(29)19-8-7-9-21(16-19)25-17-23(28)26-20-10-12-22(13-11-20)30-18(3)4/h7-13,16,18,25H,5-6,14-15,17H2,1-4H3,(H,26,28). The third kappa shape index (κ3) is 7.43. The Morgan fingerprint density at radius 1 is 0.967 bits per heavy atom. The summed E-state index contributed by atoms with van der Waals surface area (Å²) in [6, 6.07) is 14.6. The van der Waals surface area contributed by atoms with Crippen LogP contribution in [0.2, 0.25) is 0 Å². The molecule has 0 bridgehead atoms. The van der Waals surface area contributed by atoms with Gasteiger partial charge >= 0.3 is 0 Å². The first-order valence-electron chi connectivity index (χ1n) is 10.6. The minimum absolute atomic E-state index is 0.0236. The summed E-state index contributed by atoms with van der Waals surface area (Å²) in [4.78, 5) is 26.9. The van der Waals surface area contributed by atoms with Crippen LogP contribution < -0.4 is 15.4 Å². The lowest BCUT2D eigenvalue weighted by atomic mass is 10.1. The lowest BCUT2D eigenvalue weighted by Crippen LogP contribution is -2.32. The number of hydrogen-bond acceptors (Lipinski definition) is 4. The molecule has 0 saturated carbocycles. The first-order chi connectivity index (χ1) is 14.4. The second-order valence-corrected chi connectivity index (χ2v) is 7.47. The quantitative estimate of drug-likeness (QED) is 0.558. The highest BCUT2D eigenvalue weighted by Crippen LogP contribution is 2.17. The number of nitrogens with one attached hydrogen (secondary N) is 2. The zero-order valence-electron chi connectivity index (χ0n) is 18.4. The zero-order chi connectivity index (χ0) is 21.9. The van der Waals surface area contributed by atoms with Gasteiger partial charge in [-0.3, -0.25) is 9.59 Å². The molecule has 0 aliphatic heterocycles. The van der Waals surface area contributed by atoms with Crippen LogP contribution in [0.3, 0.4) is 0 Å². The fraction of sp³-hybridized carbons (Fsp3) is 0.417. The Labute approximate surface area is 179 Å². The number of carbonyl (C=O) groups excluding carboxylic acids is 2. The van der Waals surface area contributed by atoms with Crippen LogP contribution in [0.5, 0.6) is 5.75 Å². The number of benzene rings is 2. The fourth-order valence-electron chi connectivity index (χ4n) is 3.08. The molecule has 6 nitrogen and oxygen atoms in total. The van der Waals surface area contributed by atoms with Crippen LogP contribution in [0, 0.1) is 0 Å². The first-order valence-corrected chi connectivity index (χ1v) is 10.6. The highest BCUT2D eigenvalue weighted by atomic mass is 16.5. The second kappa shape index (κ2) is 11.9. The molecular formula is C24H33N3O3. The normalized spacial score (nSPS) is 10.6. The molecule has 2 aromatic rings. The Balaban J connectivity index is 1.91. The van der Waals surface area contributed by atoms with Gasteiger partial charge in [-0.25, -0.2) is 0 Å². The molecule has 0 radical (unpaired) electrons. The van der Waals surface area contributed by atoms with Crippen molar-refractivity contribution in [2.45, 2.75) is 46.6 Å². The van der Waals surface area contributed by atoms with E-state index in [4.69, 9.17) is 4.74 Å². The molecule has 0 spiro atoms. The lowest BCUT2D eigenvalue weighted by Gasteiger charge is -2.21. The van der Waals surface area contributed by atoms with Crippen LogP contribution in [0.1, 0.15) is 50.9 Å². The van der Waals surface area contributed by atoms with E-state index in [9.17, 15) is 9.59 Å². The lowest BCUT2D eigenvalue weighted by molar-refractivity contribution is -0.114. The summed E-state index contributed by atoms with van der Waals surface area (Å²) in [6.07, 6.45) is 1.95. The van der Waals surface area contributed by atoms with E-state index in [2.05, 4.69) is 24.5 Å². The molecule has 2 N–H and O–H groups in total. The molecule has 162 valence electrons. The summed E-state index contributed by atoms with van der Waals surface area (Å²) < 4.78 is 5.60. The van der Waals surface area contributed by atoms with E-state index >= 15 is 0 Å². The van der Waals surface area contributed by atoms with Gasteiger partial charge in [-0.15, -0.1) is 0 Å². The van der Waals surface area contributed by atoms with Crippen molar-refractivity contribution in [2.75, 3.05) is 30.3 Å². The van der Waals surface area contributed by atoms with Gasteiger partial charge < -0.3 is 20.3 Å². The van der Waals surface area contributed by atoms with Crippen molar-refractivity contribution < 1.29 is 14.3 Å². The summed E-state index contributed by atoms with van der Waals surface area (Å²) in [5.41, 5.74) is 2.07. The van der Waals surface area contributed by atoms with E-state index in [0.717, 1.165) is 37.4 Å². The van der Waals surface area contributed by atoms with Crippen molar-refractivity contribution in [3.63, 3.8) is 0 Å². The Kier molecular flexibility index (Phi) is 9.19. The zero-order valence-corrected chi connectivity index (χ0v) is 18.4. The number of hydrogen-bond donors (Lipinski definition) is 2. The molecule has 0 fully saturated rings. The molecule has 2 aromatic carbocycles. The van der Waals surface area contributed by atoms with E-state index in [1.165, 1.54) is 0 Å². The predicted octanol–water partition coefficient (Wildman–Crippen LogP) is 4.79. The molecule has 0 atom stereocenters. The predicted molar refractivity (Wildman–Crippen MR) is 122 cm³/mol. The van der Waals surface area contributed by atoms with Gasteiger partial charge in [-0.1, -0.05) is 19.9 Å². The summed E-state index contributed by atoms with van der Waals surface area (Å²) in [5, 5.41) is 5.94. The maximum Gasteiger partial charge on any atom is 0.253 e. The maximum absolute atomic E-state index is 12.8. The van der Waals surface area contributed by atoms with Crippen LogP contribution in [-0.4, -0.2) is 42.5 Å². The number of rotatable bonds is 11. The minimum atomic E-state index is -0.164. The number of ether oxygens (including phenoxy) is 1. The van der Waals surface area contributed by atoms with E-state index in [-0.39, 0.29) is 24.5 Å². The third-order valence-electron chi connectivity index (χ3n) is 4.35. The summed E-state index contributed by atoms with van der Waals surface area (Å²) >= 11 is 0. The molecule has 30 heavy (non-hydrogen) atoms. The van der Waals surface area contributed by atoms with Gasteiger partial charge in [0.05, 0.1) is 12.6 Å². The molecule has 0 saturated heterocycles. The monoisotopic (exact) mass is 411 g/mol. The van der Waals surface area contributed by atoms with Crippen LogP contribution in [0.4, 0.5) is 11.4 Å². The highest BCUT2D eigenvalue weighted by molar-refractivity contribution is 5.96. The van der Waals surface area contributed by atoms with Crippen molar-refractivity contribution in [1.82, 2.24) is 4.90 Å². The molecule has 6 heteroatoms. The van der Waals surface area contributed by atoms with E-state index in [1.807, 2.05) is 61.2 Å². The van der Waals surface area contributed by atoms with E-state index in [1.54, 1.807) is 6.07 Å². The average Bonchev–Trinajstić information content (AvgIpc) is 2.73. The summed E-state index contributed by atoms with van der Waals surface area (Å²) in [7, 11) is 0. The van der Waals surface area contributed by atoms with Crippen LogP contribution >= 0.6 is 0 Å². The topological polar surface area (TPSA) is 70.7 Å². The smallest absolute Gasteiger partial charge is 0.253 e. The minimum Gasteiger partial charge on any atom is -0.491 e. The van der Waals surface area contributed by atoms with Gasteiger partial charge in [0.15, 0.2) is 0 Å². The van der Waals surface area contributed by atoms with Crippen LogP contribution in [-0.2, 0) is 4.79 Å². The van der Waals surface area contributed by atoms with Crippen LogP contribution in [0.25, 0.3) is 0 Å². The van der Waals surface area contributed by atoms with E-state index in [0.29, 0.717) is 11.3 Å². The van der Waals surface area contributed by atoms with Crippen LogP contribution in [0.15, 0.2) is 48.5 Å². The molecule has 0 aromatic heterocycles. The highest BCUT2D eigenvalue weighted by Gasteiger charge is 2.14. The van der Waals surface area contributed by atoms with Crippen molar-refractivity contribution in [3.05, 3.63) is 54.1 Å². The Hall–Kier alpha value is -3.02. The van der Waals surface area contributed by atoms with Crippen molar-refractivity contribution in [1.29, 1.82) is 0 Å². The molecule has 0 heterocycles. The summed E-state index contributed by atoms with van der Waals surface area (Å²) in [5.74, 6) is 0.626.